The number of rotatable bonds is 6. The molecular formula is C15H25Cl2N3O2. The standard InChI is InChI=1S/C15H23N3O2.2ClH/c1-18(12-5-3-2-4-6-12)10-9-17-15(19)14-8-7-13(11-16)20-14;;/h2-6,13-14H,7-11,16H2,1H3,(H,17,19);2*1H/t13-,14+;;/m1../s1. The lowest BCUT2D eigenvalue weighted by Crippen LogP contribution is -2.39. The largest absolute Gasteiger partial charge is 0.373 e. The Kier molecular flexibility index (Phi) is 10.2. The van der Waals surface area contributed by atoms with Gasteiger partial charge in [0.15, 0.2) is 0 Å². The summed E-state index contributed by atoms with van der Waals surface area (Å²) in [6.45, 7) is 1.86. The zero-order chi connectivity index (χ0) is 14.4. The second-order valence-electron chi connectivity index (χ2n) is 5.11. The van der Waals surface area contributed by atoms with Crippen molar-refractivity contribution < 1.29 is 9.53 Å². The number of amides is 1. The van der Waals surface area contributed by atoms with Gasteiger partial charge in [0.25, 0.3) is 0 Å². The topological polar surface area (TPSA) is 67.6 Å². The molecule has 0 radical (unpaired) electrons. The van der Waals surface area contributed by atoms with E-state index in [-0.39, 0.29) is 42.9 Å². The first kappa shape index (κ1) is 21.0. The fourth-order valence-electron chi connectivity index (χ4n) is 2.34. The van der Waals surface area contributed by atoms with Crippen molar-refractivity contribution in [2.45, 2.75) is 25.0 Å². The number of anilines is 1. The minimum atomic E-state index is -0.328. The van der Waals surface area contributed by atoms with Crippen LogP contribution in [-0.4, -0.2) is 44.8 Å². The molecule has 0 aliphatic carbocycles. The molecule has 22 heavy (non-hydrogen) atoms. The van der Waals surface area contributed by atoms with Crippen LogP contribution in [0.25, 0.3) is 0 Å². The predicted molar refractivity (Wildman–Crippen MR) is 94.2 cm³/mol. The summed E-state index contributed by atoms with van der Waals surface area (Å²) in [5.74, 6) is -0.0255. The fraction of sp³-hybridized carbons (Fsp3) is 0.533. The lowest BCUT2D eigenvalue weighted by molar-refractivity contribution is -0.131. The Balaban J connectivity index is 0.00000220. The Morgan fingerprint density at radius 2 is 2.00 bits per heavy atom. The molecule has 0 spiro atoms. The van der Waals surface area contributed by atoms with Gasteiger partial charge in [0, 0.05) is 32.4 Å². The Labute approximate surface area is 144 Å². The number of para-hydroxylation sites is 1. The van der Waals surface area contributed by atoms with Crippen LogP contribution in [0.3, 0.4) is 0 Å². The molecule has 5 nitrogen and oxygen atoms in total. The summed E-state index contributed by atoms with van der Waals surface area (Å²) in [4.78, 5) is 14.0. The number of likely N-dealkylation sites (N-methyl/N-ethyl adjacent to an activating group) is 1. The predicted octanol–water partition coefficient (Wildman–Crippen LogP) is 1.59. The van der Waals surface area contributed by atoms with Crippen molar-refractivity contribution in [3.05, 3.63) is 30.3 Å². The third-order valence-electron chi connectivity index (χ3n) is 3.61. The molecule has 1 aromatic carbocycles. The van der Waals surface area contributed by atoms with Crippen LogP contribution in [0.1, 0.15) is 12.8 Å². The second kappa shape index (κ2) is 10.7. The van der Waals surface area contributed by atoms with Crippen LogP contribution < -0.4 is 16.0 Å². The minimum absolute atomic E-state index is 0. The molecule has 3 N–H and O–H groups in total. The highest BCUT2D eigenvalue weighted by Crippen LogP contribution is 2.18. The van der Waals surface area contributed by atoms with Gasteiger partial charge in [0.2, 0.25) is 5.91 Å². The summed E-state index contributed by atoms with van der Waals surface area (Å²) in [6.07, 6.45) is 1.35. The summed E-state index contributed by atoms with van der Waals surface area (Å²) in [6, 6.07) is 10.1. The average Bonchev–Trinajstić information content (AvgIpc) is 2.97. The van der Waals surface area contributed by atoms with Crippen molar-refractivity contribution in [1.29, 1.82) is 0 Å². The molecule has 0 saturated carbocycles. The van der Waals surface area contributed by atoms with Gasteiger partial charge in [-0.1, -0.05) is 18.2 Å². The van der Waals surface area contributed by atoms with E-state index in [1.807, 2.05) is 37.4 Å². The molecule has 0 bridgehead atoms. The molecule has 1 aromatic rings. The molecular weight excluding hydrogens is 325 g/mol. The highest BCUT2D eigenvalue weighted by molar-refractivity contribution is 5.85. The van der Waals surface area contributed by atoms with Crippen LogP contribution >= 0.6 is 24.8 Å². The number of hydrogen-bond acceptors (Lipinski definition) is 4. The maximum Gasteiger partial charge on any atom is 0.249 e. The van der Waals surface area contributed by atoms with E-state index in [2.05, 4.69) is 10.2 Å². The number of carbonyl (C=O) groups is 1. The van der Waals surface area contributed by atoms with E-state index in [0.29, 0.717) is 13.1 Å². The summed E-state index contributed by atoms with van der Waals surface area (Å²) in [5.41, 5.74) is 6.68. The van der Waals surface area contributed by atoms with Crippen LogP contribution in [0.4, 0.5) is 5.69 Å². The number of benzene rings is 1. The normalized spacial score (nSPS) is 19.7. The quantitative estimate of drug-likeness (QED) is 0.818. The summed E-state index contributed by atoms with van der Waals surface area (Å²) >= 11 is 0. The smallest absolute Gasteiger partial charge is 0.249 e. The van der Waals surface area contributed by atoms with Gasteiger partial charge in [0.05, 0.1) is 6.10 Å². The van der Waals surface area contributed by atoms with Crippen molar-refractivity contribution in [1.82, 2.24) is 5.32 Å². The van der Waals surface area contributed by atoms with Crippen LogP contribution in [-0.2, 0) is 9.53 Å². The molecule has 2 atom stereocenters. The molecule has 1 saturated heterocycles. The van der Waals surface area contributed by atoms with E-state index < -0.39 is 0 Å². The lowest BCUT2D eigenvalue weighted by Gasteiger charge is -2.20. The van der Waals surface area contributed by atoms with Crippen molar-refractivity contribution in [2.24, 2.45) is 5.73 Å². The third-order valence-corrected chi connectivity index (χ3v) is 3.61. The first-order valence-corrected chi connectivity index (χ1v) is 7.10. The highest BCUT2D eigenvalue weighted by atomic mass is 35.5. The number of ether oxygens (including phenoxy) is 1. The monoisotopic (exact) mass is 349 g/mol. The van der Waals surface area contributed by atoms with E-state index in [4.69, 9.17) is 10.5 Å². The number of nitrogens with two attached hydrogens (primary N) is 1. The van der Waals surface area contributed by atoms with Gasteiger partial charge in [-0.2, -0.15) is 0 Å². The fourth-order valence-corrected chi connectivity index (χ4v) is 2.34. The third kappa shape index (κ3) is 6.01. The number of hydrogen-bond donors (Lipinski definition) is 2. The van der Waals surface area contributed by atoms with Gasteiger partial charge in [0.1, 0.15) is 6.10 Å². The van der Waals surface area contributed by atoms with Gasteiger partial charge in [-0.05, 0) is 25.0 Å². The summed E-state index contributed by atoms with van der Waals surface area (Å²) in [7, 11) is 2.01. The molecule has 0 aromatic heterocycles. The van der Waals surface area contributed by atoms with Crippen LogP contribution in [0.5, 0.6) is 0 Å². The Morgan fingerprint density at radius 3 is 2.59 bits per heavy atom. The van der Waals surface area contributed by atoms with Gasteiger partial charge in [-0.15, -0.1) is 24.8 Å². The lowest BCUT2D eigenvalue weighted by atomic mass is 10.2. The van der Waals surface area contributed by atoms with Crippen LogP contribution in [0.15, 0.2) is 30.3 Å². The Morgan fingerprint density at radius 1 is 1.32 bits per heavy atom. The minimum Gasteiger partial charge on any atom is -0.373 e. The van der Waals surface area contributed by atoms with Gasteiger partial charge in [-0.3, -0.25) is 4.79 Å². The van der Waals surface area contributed by atoms with Crippen LogP contribution in [0.2, 0.25) is 0 Å². The van der Waals surface area contributed by atoms with E-state index in [9.17, 15) is 4.79 Å². The molecule has 1 aliphatic heterocycles. The first-order chi connectivity index (χ1) is 9.70. The number of carbonyl (C=O) groups excluding carboxylic acids is 1. The van der Waals surface area contributed by atoms with Crippen LogP contribution in [0, 0.1) is 0 Å². The van der Waals surface area contributed by atoms with Gasteiger partial charge >= 0.3 is 0 Å². The SMILES string of the molecule is CN(CCNC(=O)[C@@H]1CC[C@H](CN)O1)c1ccccc1.Cl.Cl. The zero-order valence-electron chi connectivity index (χ0n) is 12.7. The van der Waals surface area contributed by atoms with E-state index >= 15 is 0 Å². The summed E-state index contributed by atoms with van der Waals surface area (Å²) in [5, 5.41) is 2.92. The van der Waals surface area contributed by atoms with Crippen molar-refractivity contribution in [2.75, 3.05) is 31.6 Å². The van der Waals surface area contributed by atoms with Crippen molar-refractivity contribution >= 4 is 36.4 Å². The number of halogens is 2. The average molecular weight is 350 g/mol. The molecule has 1 fully saturated rings. The molecule has 7 heteroatoms. The molecule has 126 valence electrons. The van der Waals surface area contributed by atoms with Crippen molar-refractivity contribution in [3.63, 3.8) is 0 Å². The maximum absolute atomic E-state index is 11.9. The Bertz CT molecular complexity index is 434. The van der Waals surface area contributed by atoms with E-state index in [1.54, 1.807) is 0 Å². The summed E-state index contributed by atoms with van der Waals surface area (Å²) < 4.78 is 5.56. The molecule has 0 unspecified atom stereocenters. The number of nitrogens with one attached hydrogen (secondary N) is 1. The van der Waals surface area contributed by atoms with E-state index in [1.165, 1.54) is 0 Å². The number of nitrogens with zero attached hydrogens (tertiary/aromatic N) is 1. The van der Waals surface area contributed by atoms with Crippen molar-refractivity contribution in [3.8, 4) is 0 Å². The van der Waals surface area contributed by atoms with E-state index in [0.717, 1.165) is 25.1 Å². The molecule has 1 amide bonds. The van der Waals surface area contributed by atoms with Gasteiger partial charge < -0.3 is 20.7 Å². The second-order valence-corrected chi connectivity index (χ2v) is 5.11. The maximum atomic E-state index is 11.9. The molecule has 1 heterocycles. The Hall–Kier alpha value is -1.01. The molecule has 1 aliphatic rings. The molecule has 2 rings (SSSR count). The highest BCUT2D eigenvalue weighted by Gasteiger charge is 2.29. The zero-order valence-corrected chi connectivity index (χ0v) is 14.4. The first-order valence-electron chi connectivity index (χ1n) is 7.10. The van der Waals surface area contributed by atoms with Gasteiger partial charge in [-0.25, -0.2) is 0 Å².